The molecule has 0 saturated carbocycles. The smallest absolute Gasteiger partial charge is 0.475 e. The zero-order valence-electron chi connectivity index (χ0n) is 18.6. The van der Waals surface area contributed by atoms with Crippen molar-refractivity contribution in [1.82, 2.24) is 24.7 Å². The van der Waals surface area contributed by atoms with Gasteiger partial charge in [-0.1, -0.05) is 17.3 Å². The number of aliphatic carboxylic acids is 1. The Kier molecular flexibility index (Phi) is 7.60. The Morgan fingerprint density at radius 2 is 1.89 bits per heavy atom. The summed E-state index contributed by atoms with van der Waals surface area (Å²) in [6.45, 7) is 1.59. The third kappa shape index (κ3) is 6.04. The Bertz CT molecular complexity index is 1330. The number of rotatable bonds is 4. The number of hydrogen-bond acceptors (Lipinski definition) is 7. The lowest BCUT2D eigenvalue weighted by atomic mass is 10.1. The van der Waals surface area contributed by atoms with Gasteiger partial charge in [0.1, 0.15) is 11.8 Å². The molecule has 5 rings (SSSR count). The summed E-state index contributed by atoms with van der Waals surface area (Å²) in [6, 6.07) is 11.9. The Labute approximate surface area is 206 Å². The minimum atomic E-state index is -5.08. The number of carbonyl (C=O) groups excluding carboxylic acids is 1. The number of alkyl halides is 3. The molecular formula is C23H20F3N5O4S. The highest BCUT2D eigenvalue weighted by Crippen LogP contribution is 2.27. The van der Waals surface area contributed by atoms with Crippen LogP contribution in [0, 0.1) is 0 Å². The van der Waals surface area contributed by atoms with Gasteiger partial charge in [-0.3, -0.25) is 9.78 Å². The van der Waals surface area contributed by atoms with Gasteiger partial charge in [0, 0.05) is 35.6 Å². The highest BCUT2D eigenvalue weighted by molar-refractivity contribution is 7.10. The number of carboxylic acids is 1. The molecule has 1 fully saturated rings. The number of hydrogen-bond donors (Lipinski definition) is 1. The molecule has 0 bridgehead atoms. The van der Waals surface area contributed by atoms with E-state index in [4.69, 9.17) is 14.6 Å². The molecule has 1 N–H and O–H groups in total. The number of halogens is 3. The molecular weight excluding hydrogens is 499 g/mol. The van der Waals surface area contributed by atoms with Crippen molar-refractivity contribution >= 4 is 28.7 Å². The first-order chi connectivity index (χ1) is 17.2. The molecule has 1 saturated heterocycles. The summed E-state index contributed by atoms with van der Waals surface area (Å²) in [4.78, 5) is 28.6. The standard InChI is InChI=1S/C21H19N5O2S.C2HF3O2/c27-20(12-17-2-1-11-29-17)25-9-10-28-19(14-25)21-18-4-3-16(13-26(18)24-23-21)15-5-7-22-8-6-15;3-2(4,5)1(6)7/h1-8,11,13,19H,9-10,12,14H2;(H,6,7). The van der Waals surface area contributed by atoms with Gasteiger partial charge in [-0.2, -0.15) is 13.2 Å². The SMILES string of the molecule is O=C(Cc1cccs1)N1CCOC(c2nnn3cc(-c4ccncc4)ccc23)C1.O=C(O)C(F)(F)F. The molecule has 0 aliphatic carbocycles. The fraction of sp³-hybridized carbons (Fsp3) is 0.261. The van der Waals surface area contributed by atoms with Crippen molar-refractivity contribution in [3.63, 3.8) is 0 Å². The normalized spacial score (nSPS) is 15.9. The third-order valence-electron chi connectivity index (χ3n) is 5.33. The average Bonchev–Trinajstić information content (AvgIpc) is 3.54. The van der Waals surface area contributed by atoms with E-state index < -0.39 is 12.1 Å². The fourth-order valence-electron chi connectivity index (χ4n) is 3.57. The number of carboxylic acid groups (broad SMARTS) is 1. The van der Waals surface area contributed by atoms with Crippen LogP contribution in [-0.2, 0) is 20.7 Å². The Hall–Kier alpha value is -3.84. The fourth-order valence-corrected chi connectivity index (χ4v) is 4.27. The van der Waals surface area contributed by atoms with Crippen molar-refractivity contribution in [2.24, 2.45) is 0 Å². The lowest BCUT2D eigenvalue weighted by Gasteiger charge is -2.32. The number of aromatic nitrogens is 4. The second-order valence-corrected chi connectivity index (χ2v) is 8.75. The van der Waals surface area contributed by atoms with Gasteiger partial charge in [-0.05, 0) is 35.2 Å². The first-order valence-corrected chi connectivity index (χ1v) is 11.6. The Morgan fingerprint density at radius 3 is 2.56 bits per heavy atom. The highest BCUT2D eigenvalue weighted by Gasteiger charge is 2.38. The van der Waals surface area contributed by atoms with E-state index in [1.165, 1.54) is 0 Å². The molecule has 1 aliphatic heterocycles. The van der Waals surface area contributed by atoms with Crippen LogP contribution in [0.25, 0.3) is 16.6 Å². The van der Waals surface area contributed by atoms with Crippen LogP contribution in [0.5, 0.6) is 0 Å². The zero-order chi connectivity index (χ0) is 25.7. The molecule has 188 valence electrons. The maximum atomic E-state index is 12.7. The first-order valence-electron chi connectivity index (χ1n) is 10.7. The quantitative estimate of drug-likeness (QED) is 0.439. The van der Waals surface area contributed by atoms with E-state index in [1.807, 2.05) is 52.9 Å². The molecule has 9 nitrogen and oxygen atoms in total. The van der Waals surface area contributed by atoms with E-state index in [2.05, 4.69) is 15.3 Å². The Morgan fingerprint density at radius 1 is 1.14 bits per heavy atom. The average molecular weight is 520 g/mol. The molecule has 36 heavy (non-hydrogen) atoms. The Balaban J connectivity index is 0.000000384. The van der Waals surface area contributed by atoms with Gasteiger partial charge in [0.2, 0.25) is 5.91 Å². The molecule has 0 aromatic carbocycles. The third-order valence-corrected chi connectivity index (χ3v) is 6.20. The number of fused-ring (bicyclic) bond motifs is 1. The molecule has 4 aromatic heterocycles. The van der Waals surface area contributed by atoms with Crippen LogP contribution < -0.4 is 0 Å². The molecule has 1 unspecified atom stereocenters. The topological polar surface area (TPSA) is 110 Å². The van der Waals surface area contributed by atoms with Gasteiger partial charge in [0.15, 0.2) is 0 Å². The van der Waals surface area contributed by atoms with E-state index in [9.17, 15) is 18.0 Å². The lowest BCUT2D eigenvalue weighted by molar-refractivity contribution is -0.192. The summed E-state index contributed by atoms with van der Waals surface area (Å²) in [6.07, 6.45) is 0.555. The molecule has 13 heteroatoms. The maximum absolute atomic E-state index is 12.7. The number of ether oxygens (including phenoxy) is 1. The van der Waals surface area contributed by atoms with Crippen molar-refractivity contribution in [2.45, 2.75) is 18.7 Å². The van der Waals surface area contributed by atoms with Gasteiger partial charge in [0.25, 0.3) is 0 Å². The first kappa shape index (κ1) is 25.3. The predicted octanol–water partition coefficient (Wildman–Crippen LogP) is 3.63. The molecule has 1 aliphatic rings. The summed E-state index contributed by atoms with van der Waals surface area (Å²) in [7, 11) is 0. The van der Waals surface area contributed by atoms with Crippen LogP contribution in [0.4, 0.5) is 13.2 Å². The minimum absolute atomic E-state index is 0.122. The van der Waals surface area contributed by atoms with Crippen molar-refractivity contribution in [3.05, 3.63) is 70.9 Å². The molecule has 0 spiro atoms. The highest BCUT2D eigenvalue weighted by atomic mass is 32.1. The molecule has 5 heterocycles. The van der Waals surface area contributed by atoms with E-state index in [-0.39, 0.29) is 12.0 Å². The van der Waals surface area contributed by atoms with Crippen LogP contribution >= 0.6 is 11.3 Å². The van der Waals surface area contributed by atoms with Crippen LogP contribution in [0.1, 0.15) is 16.7 Å². The largest absolute Gasteiger partial charge is 0.490 e. The predicted molar refractivity (Wildman–Crippen MR) is 123 cm³/mol. The number of nitrogens with zero attached hydrogens (tertiary/aromatic N) is 5. The molecule has 0 radical (unpaired) electrons. The van der Waals surface area contributed by atoms with Crippen LogP contribution in [0.15, 0.2) is 60.4 Å². The number of carbonyl (C=O) groups is 2. The van der Waals surface area contributed by atoms with Gasteiger partial charge in [-0.25, -0.2) is 9.31 Å². The van der Waals surface area contributed by atoms with Crippen molar-refractivity contribution in [1.29, 1.82) is 0 Å². The van der Waals surface area contributed by atoms with Crippen LogP contribution in [-0.4, -0.2) is 67.6 Å². The van der Waals surface area contributed by atoms with E-state index in [1.54, 1.807) is 28.2 Å². The number of morpholine rings is 1. The van der Waals surface area contributed by atoms with Gasteiger partial charge in [0.05, 0.1) is 25.1 Å². The second kappa shape index (κ2) is 10.8. The summed E-state index contributed by atoms with van der Waals surface area (Å²) < 4.78 is 39.4. The van der Waals surface area contributed by atoms with Gasteiger partial charge < -0.3 is 14.7 Å². The summed E-state index contributed by atoms with van der Waals surface area (Å²) in [5.41, 5.74) is 3.76. The van der Waals surface area contributed by atoms with E-state index in [0.717, 1.165) is 27.2 Å². The van der Waals surface area contributed by atoms with Crippen LogP contribution in [0.3, 0.4) is 0 Å². The van der Waals surface area contributed by atoms with Crippen molar-refractivity contribution < 1.29 is 32.6 Å². The number of pyridine rings is 2. The lowest BCUT2D eigenvalue weighted by Crippen LogP contribution is -2.43. The van der Waals surface area contributed by atoms with Crippen LogP contribution in [0.2, 0.25) is 0 Å². The summed E-state index contributed by atoms with van der Waals surface area (Å²) in [5, 5.41) is 17.8. The van der Waals surface area contributed by atoms with Crippen molar-refractivity contribution in [2.75, 3.05) is 19.7 Å². The zero-order valence-corrected chi connectivity index (χ0v) is 19.4. The maximum Gasteiger partial charge on any atom is 0.490 e. The molecule has 4 aromatic rings. The number of thiophene rings is 1. The molecule has 1 amide bonds. The monoisotopic (exact) mass is 519 g/mol. The van der Waals surface area contributed by atoms with Gasteiger partial charge >= 0.3 is 12.1 Å². The van der Waals surface area contributed by atoms with Crippen molar-refractivity contribution in [3.8, 4) is 11.1 Å². The second-order valence-electron chi connectivity index (χ2n) is 7.72. The minimum Gasteiger partial charge on any atom is -0.475 e. The summed E-state index contributed by atoms with van der Waals surface area (Å²) >= 11 is 1.61. The van der Waals surface area contributed by atoms with E-state index >= 15 is 0 Å². The molecule has 1 atom stereocenters. The van der Waals surface area contributed by atoms with Gasteiger partial charge in [-0.15, -0.1) is 16.4 Å². The van der Waals surface area contributed by atoms with E-state index in [0.29, 0.717) is 26.1 Å². The summed E-state index contributed by atoms with van der Waals surface area (Å²) in [5.74, 6) is -2.63. The number of amides is 1.